The maximum atomic E-state index is 13.4. The number of halogens is 2. The molecule has 0 bridgehead atoms. The van der Waals surface area contributed by atoms with Gasteiger partial charge >= 0.3 is 0 Å². The van der Waals surface area contributed by atoms with Crippen LogP contribution in [-0.4, -0.2) is 6.29 Å². The fourth-order valence-corrected chi connectivity index (χ4v) is 1.48. The lowest BCUT2D eigenvalue weighted by Gasteiger charge is -2.08. The van der Waals surface area contributed by atoms with Crippen LogP contribution in [0.3, 0.4) is 0 Å². The molecule has 2 nitrogen and oxygen atoms in total. The molecule has 0 saturated carbocycles. The molecule has 0 aliphatic carbocycles. The van der Waals surface area contributed by atoms with Gasteiger partial charge in [-0.05, 0) is 11.6 Å². The van der Waals surface area contributed by atoms with Crippen molar-refractivity contribution >= 4 is 6.29 Å². The Hall–Kier alpha value is -2.23. The molecule has 0 heterocycles. The third-order valence-electron chi connectivity index (χ3n) is 2.42. The van der Waals surface area contributed by atoms with E-state index in [4.69, 9.17) is 4.74 Å². The van der Waals surface area contributed by atoms with E-state index < -0.39 is 11.6 Å². The zero-order valence-electron chi connectivity index (χ0n) is 9.40. The van der Waals surface area contributed by atoms with Gasteiger partial charge in [-0.3, -0.25) is 4.79 Å². The number of carbonyl (C=O) groups excluding carboxylic acids is 1. The summed E-state index contributed by atoms with van der Waals surface area (Å²) in [6.07, 6.45) is 0.324. The first-order valence-electron chi connectivity index (χ1n) is 5.31. The van der Waals surface area contributed by atoms with Crippen LogP contribution >= 0.6 is 0 Å². The zero-order chi connectivity index (χ0) is 13.0. The topological polar surface area (TPSA) is 26.3 Å². The molecule has 0 aliphatic rings. The summed E-state index contributed by atoms with van der Waals surface area (Å²) in [4.78, 5) is 10.5. The van der Waals surface area contributed by atoms with Crippen LogP contribution in [0.4, 0.5) is 8.78 Å². The van der Waals surface area contributed by atoms with Gasteiger partial charge < -0.3 is 4.74 Å². The minimum Gasteiger partial charge on any atom is -0.486 e. The number of hydrogen-bond donors (Lipinski definition) is 0. The molecule has 0 amide bonds. The SMILES string of the molecule is O=Cc1cc(OCc2ccccc2)c(F)cc1F. The molecule has 0 aliphatic heterocycles. The van der Waals surface area contributed by atoms with E-state index in [1.54, 1.807) is 0 Å². The third kappa shape index (κ3) is 2.71. The maximum absolute atomic E-state index is 13.4. The van der Waals surface area contributed by atoms with Crippen molar-refractivity contribution in [2.75, 3.05) is 0 Å². The third-order valence-corrected chi connectivity index (χ3v) is 2.42. The van der Waals surface area contributed by atoms with E-state index in [-0.39, 0.29) is 17.9 Å². The van der Waals surface area contributed by atoms with Crippen LogP contribution in [0, 0.1) is 11.6 Å². The van der Waals surface area contributed by atoms with Crippen LogP contribution in [0.25, 0.3) is 0 Å². The Bertz CT molecular complexity index is 553. The summed E-state index contributed by atoms with van der Waals surface area (Å²) in [6.45, 7) is 0.154. The number of aldehydes is 1. The van der Waals surface area contributed by atoms with Gasteiger partial charge in [-0.2, -0.15) is 0 Å². The highest BCUT2D eigenvalue weighted by Gasteiger charge is 2.10. The Morgan fingerprint density at radius 1 is 1.06 bits per heavy atom. The average molecular weight is 248 g/mol. The molecule has 2 aromatic rings. The normalized spacial score (nSPS) is 10.1. The first kappa shape index (κ1) is 12.2. The standard InChI is InChI=1S/C14H10F2O2/c15-12-7-13(16)14(6-11(12)8-17)18-9-10-4-2-1-3-5-10/h1-8H,9H2. The smallest absolute Gasteiger partial charge is 0.168 e. The summed E-state index contributed by atoms with van der Waals surface area (Å²) >= 11 is 0. The van der Waals surface area contributed by atoms with Gasteiger partial charge in [-0.25, -0.2) is 8.78 Å². The van der Waals surface area contributed by atoms with Crippen LogP contribution in [0.15, 0.2) is 42.5 Å². The van der Waals surface area contributed by atoms with Gasteiger partial charge in [0.1, 0.15) is 12.4 Å². The summed E-state index contributed by atoms with van der Waals surface area (Å²) in [6, 6.07) is 10.9. The number of carbonyl (C=O) groups is 1. The molecule has 92 valence electrons. The number of hydrogen-bond acceptors (Lipinski definition) is 2. The van der Waals surface area contributed by atoms with Crippen LogP contribution in [0.2, 0.25) is 0 Å². The van der Waals surface area contributed by atoms with E-state index in [1.807, 2.05) is 30.3 Å². The van der Waals surface area contributed by atoms with Crippen molar-refractivity contribution in [3.63, 3.8) is 0 Å². The van der Waals surface area contributed by atoms with Gasteiger partial charge in [0.25, 0.3) is 0 Å². The first-order valence-corrected chi connectivity index (χ1v) is 5.31. The lowest BCUT2D eigenvalue weighted by molar-refractivity contribution is 0.111. The van der Waals surface area contributed by atoms with Gasteiger partial charge in [0.15, 0.2) is 17.9 Å². The molecule has 0 atom stereocenters. The Kier molecular flexibility index (Phi) is 3.67. The van der Waals surface area contributed by atoms with E-state index in [9.17, 15) is 13.6 Å². The minimum absolute atomic E-state index is 0.137. The van der Waals surface area contributed by atoms with E-state index in [2.05, 4.69) is 0 Å². The van der Waals surface area contributed by atoms with Crippen LogP contribution in [0.5, 0.6) is 5.75 Å². The molecule has 0 unspecified atom stereocenters. The van der Waals surface area contributed by atoms with E-state index in [0.717, 1.165) is 11.6 Å². The zero-order valence-corrected chi connectivity index (χ0v) is 9.40. The predicted molar refractivity (Wildman–Crippen MR) is 62.5 cm³/mol. The lowest BCUT2D eigenvalue weighted by Crippen LogP contribution is -1.99. The Labute approximate surface area is 103 Å². The second-order valence-electron chi connectivity index (χ2n) is 3.70. The molecule has 0 radical (unpaired) electrons. The molecule has 0 spiro atoms. The highest BCUT2D eigenvalue weighted by Crippen LogP contribution is 2.21. The van der Waals surface area contributed by atoms with Crippen molar-refractivity contribution in [2.24, 2.45) is 0 Å². The summed E-state index contributed by atoms with van der Waals surface area (Å²) in [7, 11) is 0. The quantitative estimate of drug-likeness (QED) is 0.775. The van der Waals surface area contributed by atoms with Crippen LogP contribution < -0.4 is 4.74 Å². The number of rotatable bonds is 4. The van der Waals surface area contributed by atoms with E-state index >= 15 is 0 Å². The summed E-state index contributed by atoms with van der Waals surface area (Å²) < 4.78 is 31.7. The second-order valence-corrected chi connectivity index (χ2v) is 3.70. The molecule has 0 fully saturated rings. The lowest BCUT2D eigenvalue weighted by atomic mass is 10.2. The molecular formula is C14H10F2O2. The second kappa shape index (κ2) is 5.40. The molecule has 2 aromatic carbocycles. The summed E-state index contributed by atoms with van der Waals surface area (Å²) in [5.41, 5.74) is 0.633. The largest absolute Gasteiger partial charge is 0.486 e. The van der Waals surface area contributed by atoms with Crippen molar-refractivity contribution in [1.82, 2.24) is 0 Å². The fraction of sp³-hybridized carbons (Fsp3) is 0.0714. The molecule has 0 aromatic heterocycles. The summed E-state index contributed by atoms with van der Waals surface area (Å²) in [5, 5.41) is 0. The van der Waals surface area contributed by atoms with Gasteiger partial charge in [-0.1, -0.05) is 30.3 Å². The van der Waals surface area contributed by atoms with E-state index in [1.165, 1.54) is 0 Å². The van der Waals surface area contributed by atoms with Gasteiger partial charge in [0, 0.05) is 6.07 Å². The average Bonchev–Trinajstić information content (AvgIpc) is 2.39. The van der Waals surface area contributed by atoms with E-state index in [0.29, 0.717) is 12.4 Å². The summed E-state index contributed by atoms with van der Waals surface area (Å²) in [5.74, 6) is -1.86. The van der Waals surface area contributed by atoms with Gasteiger partial charge in [-0.15, -0.1) is 0 Å². The molecule has 2 rings (SSSR count). The molecule has 0 N–H and O–H groups in total. The maximum Gasteiger partial charge on any atom is 0.168 e. The predicted octanol–water partition coefficient (Wildman–Crippen LogP) is 3.36. The monoisotopic (exact) mass is 248 g/mol. The van der Waals surface area contributed by atoms with Crippen molar-refractivity contribution < 1.29 is 18.3 Å². The first-order chi connectivity index (χ1) is 8.70. The van der Waals surface area contributed by atoms with Crippen LogP contribution in [-0.2, 0) is 6.61 Å². The van der Waals surface area contributed by atoms with Crippen molar-refractivity contribution in [1.29, 1.82) is 0 Å². The number of benzene rings is 2. The highest BCUT2D eigenvalue weighted by atomic mass is 19.1. The molecule has 18 heavy (non-hydrogen) atoms. The highest BCUT2D eigenvalue weighted by molar-refractivity contribution is 5.76. The Morgan fingerprint density at radius 3 is 2.44 bits per heavy atom. The van der Waals surface area contributed by atoms with Gasteiger partial charge in [0.05, 0.1) is 5.56 Å². The molecule has 4 heteroatoms. The fourth-order valence-electron chi connectivity index (χ4n) is 1.48. The molecule has 0 saturated heterocycles. The number of ether oxygens (including phenoxy) is 1. The van der Waals surface area contributed by atoms with Crippen molar-refractivity contribution in [2.45, 2.75) is 6.61 Å². The minimum atomic E-state index is -0.894. The molecular weight excluding hydrogens is 238 g/mol. The van der Waals surface area contributed by atoms with Crippen molar-refractivity contribution in [3.05, 3.63) is 65.2 Å². The Balaban J connectivity index is 2.17. The van der Waals surface area contributed by atoms with Crippen LogP contribution in [0.1, 0.15) is 15.9 Å². The van der Waals surface area contributed by atoms with Crippen molar-refractivity contribution in [3.8, 4) is 5.75 Å². The van der Waals surface area contributed by atoms with Gasteiger partial charge in [0.2, 0.25) is 0 Å². The Morgan fingerprint density at radius 2 is 1.78 bits per heavy atom.